The second-order valence-corrected chi connectivity index (χ2v) is 7.52. The van der Waals surface area contributed by atoms with Gasteiger partial charge in [-0.2, -0.15) is 10.2 Å². The van der Waals surface area contributed by atoms with Crippen LogP contribution in [0.5, 0.6) is 5.75 Å². The minimum atomic E-state index is -4.78. The predicted molar refractivity (Wildman–Crippen MR) is 118 cm³/mol. The van der Waals surface area contributed by atoms with Gasteiger partial charge in [0, 0.05) is 17.0 Å². The van der Waals surface area contributed by atoms with E-state index in [9.17, 15) is 13.2 Å². The predicted octanol–water partition coefficient (Wildman–Crippen LogP) is 5.05. The summed E-state index contributed by atoms with van der Waals surface area (Å²) in [4.78, 5) is 0. The molecule has 0 saturated heterocycles. The number of aromatic amines is 1. The van der Waals surface area contributed by atoms with Crippen molar-refractivity contribution in [3.05, 3.63) is 79.1 Å². The molecule has 0 atom stereocenters. The van der Waals surface area contributed by atoms with Gasteiger partial charge in [-0.05, 0) is 48.5 Å². The van der Waals surface area contributed by atoms with E-state index in [1.54, 1.807) is 33.9 Å². The fourth-order valence-corrected chi connectivity index (χ4v) is 3.87. The Labute approximate surface area is 189 Å². The summed E-state index contributed by atoms with van der Waals surface area (Å²) in [6, 6.07) is 18.9. The third-order valence-electron chi connectivity index (χ3n) is 5.35. The lowest BCUT2D eigenvalue weighted by Gasteiger charge is -2.12. The molecule has 0 bridgehead atoms. The van der Waals surface area contributed by atoms with Crippen LogP contribution in [0, 0.1) is 0 Å². The SMILES string of the molecule is FC(F)(F)Oc1cccc(-n2nccc2-c2ccc3nnn(-c4ccc5cn[nH]c5c4)c3c2)c1. The van der Waals surface area contributed by atoms with E-state index in [1.165, 1.54) is 18.2 Å². The molecule has 0 unspecified atom stereocenters. The van der Waals surface area contributed by atoms with Crippen LogP contribution in [0.1, 0.15) is 0 Å². The first-order valence-electron chi connectivity index (χ1n) is 10.1. The zero-order chi connectivity index (χ0) is 23.3. The molecular weight excluding hydrogens is 447 g/mol. The molecule has 3 aromatic heterocycles. The Morgan fingerprint density at radius 3 is 2.65 bits per heavy atom. The maximum atomic E-state index is 12.7. The third kappa shape index (κ3) is 3.52. The van der Waals surface area contributed by atoms with Gasteiger partial charge in [0.05, 0.1) is 40.5 Å². The van der Waals surface area contributed by atoms with Gasteiger partial charge in [0.25, 0.3) is 0 Å². The Balaban J connectivity index is 1.42. The van der Waals surface area contributed by atoms with E-state index in [0.717, 1.165) is 27.7 Å². The van der Waals surface area contributed by atoms with Crippen molar-refractivity contribution in [2.75, 3.05) is 0 Å². The number of nitrogens with zero attached hydrogens (tertiary/aromatic N) is 6. The quantitative estimate of drug-likeness (QED) is 0.397. The number of fused-ring (bicyclic) bond motifs is 2. The van der Waals surface area contributed by atoms with Crippen molar-refractivity contribution < 1.29 is 17.9 Å². The highest BCUT2D eigenvalue weighted by atomic mass is 19.4. The lowest BCUT2D eigenvalue weighted by atomic mass is 10.1. The van der Waals surface area contributed by atoms with Crippen molar-refractivity contribution in [3.63, 3.8) is 0 Å². The zero-order valence-corrected chi connectivity index (χ0v) is 17.2. The molecule has 0 amide bonds. The number of H-pyrrole nitrogens is 1. The summed E-state index contributed by atoms with van der Waals surface area (Å²) >= 11 is 0. The van der Waals surface area contributed by atoms with Crippen molar-refractivity contribution in [2.45, 2.75) is 6.36 Å². The molecule has 0 aliphatic heterocycles. The van der Waals surface area contributed by atoms with Crippen molar-refractivity contribution >= 4 is 21.9 Å². The molecule has 0 radical (unpaired) electrons. The molecule has 0 fully saturated rings. The first-order chi connectivity index (χ1) is 16.4. The van der Waals surface area contributed by atoms with Crippen molar-refractivity contribution in [2.24, 2.45) is 0 Å². The van der Waals surface area contributed by atoms with Gasteiger partial charge < -0.3 is 4.74 Å². The monoisotopic (exact) mass is 461 g/mol. The Morgan fingerprint density at radius 1 is 0.882 bits per heavy atom. The van der Waals surface area contributed by atoms with Gasteiger partial charge in [0.2, 0.25) is 0 Å². The molecule has 0 aliphatic carbocycles. The number of alkyl halides is 3. The summed E-state index contributed by atoms with van der Waals surface area (Å²) in [6.07, 6.45) is -1.45. The lowest BCUT2D eigenvalue weighted by Crippen LogP contribution is -2.17. The van der Waals surface area contributed by atoms with Crippen LogP contribution in [0.25, 0.3) is 44.6 Å². The van der Waals surface area contributed by atoms with Gasteiger partial charge in [0.15, 0.2) is 0 Å². The summed E-state index contributed by atoms with van der Waals surface area (Å²) in [7, 11) is 0. The average molecular weight is 461 g/mol. The maximum Gasteiger partial charge on any atom is 0.573 e. The molecule has 8 nitrogen and oxygen atoms in total. The van der Waals surface area contributed by atoms with Crippen LogP contribution in [-0.2, 0) is 0 Å². The highest BCUT2D eigenvalue weighted by Gasteiger charge is 2.31. The first-order valence-corrected chi connectivity index (χ1v) is 10.1. The van der Waals surface area contributed by atoms with Crippen LogP contribution < -0.4 is 4.74 Å². The Hall–Kier alpha value is -4.67. The Bertz CT molecular complexity index is 1650. The smallest absolute Gasteiger partial charge is 0.406 e. The average Bonchev–Trinajstić information content (AvgIpc) is 3.56. The van der Waals surface area contributed by atoms with Gasteiger partial charge in [-0.1, -0.05) is 17.3 Å². The number of rotatable bonds is 4. The largest absolute Gasteiger partial charge is 0.573 e. The second kappa shape index (κ2) is 7.44. The van der Waals surface area contributed by atoms with Crippen LogP contribution in [0.3, 0.4) is 0 Å². The normalized spacial score (nSPS) is 12.0. The molecule has 11 heteroatoms. The molecule has 3 heterocycles. The number of hydrogen-bond acceptors (Lipinski definition) is 5. The van der Waals surface area contributed by atoms with Crippen LogP contribution >= 0.6 is 0 Å². The van der Waals surface area contributed by atoms with E-state index in [-0.39, 0.29) is 5.75 Å². The molecule has 34 heavy (non-hydrogen) atoms. The van der Waals surface area contributed by atoms with Gasteiger partial charge in [0.1, 0.15) is 11.3 Å². The summed E-state index contributed by atoms with van der Waals surface area (Å²) in [5.41, 5.74) is 5.04. The number of nitrogens with one attached hydrogen (secondary N) is 1. The standard InChI is InChI=1S/C23H14F3N7O/c24-23(25,26)34-18-3-1-2-16(11-18)32-21(8-9-28-32)14-5-7-19-22(10-14)33(31-30-19)17-6-4-15-13-27-29-20(15)12-17/h1-13H,(H,27,29). The summed E-state index contributed by atoms with van der Waals surface area (Å²) in [5, 5.41) is 20.8. The molecule has 3 aromatic carbocycles. The van der Waals surface area contributed by atoms with Crippen LogP contribution in [0.4, 0.5) is 13.2 Å². The topological polar surface area (TPSA) is 86.4 Å². The van der Waals surface area contributed by atoms with Crippen LogP contribution in [-0.4, -0.2) is 41.3 Å². The molecular formula is C23H14F3N7O. The molecule has 0 saturated carbocycles. The Morgan fingerprint density at radius 2 is 1.76 bits per heavy atom. The number of hydrogen-bond donors (Lipinski definition) is 1. The number of ether oxygens (including phenoxy) is 1. The minimum absolute atomic E-state index is 0.321. The van der Waals surface area contributed by atoms with E-state index < -0.39 is 6.36 Å². The fraction of sp³-hybridized carbons (Fsp3) is 0.0435. The van der Waals surface area contributed by atoms with Gasteiger partial charge in [-0.15, -0.1) is 18.3 Å². The van der Waals surface area contributed by atoms with Crippen molar-refractivity contribution in [3.8, 4) is 28.4 Å². The van der Waals surface area contributed by atoms with E-state index in [2.05, 4.69) is 30.3 Å². The highest BCUT2D eigenvalue weighted by Crippen LogP contribution is 2.29. The fourth-order valence-electron chi connectivity index (χ4n) is 3.87. The summed E-state index contributed by atoms with van der Waals surface area (Å²) < 4.78 is 45.3. The second-order valence-electron chi connectivity index (χ2n) is 7.52. The summed E-state index contributed by atoms with van der Waals surface area (Å²) in [5.74, 6) is -0.321. The van der Waals surface area contributed by atoms with E-state index >= 15 is 0 Å². The van der Waals surface area contributed by atoms with Crippen LogP contribution in [0.2, 0.25) is 0 Å². The maximum absolute atomic E-state index is 12.7. The lowest BCUT2D eigenvalue weighted by molar-refractivity contribution is -0.274. The molecule has 0 spiro atoms. The van der Waals surface area contributed by atoms with Crippen LogP contribution in [0.15, 0.2) is 79.1 Å². The molecule has 1 N–H and O–H groups in total. The zero-order valence-electron chi connectivity index (χ0n) is 17.2. The van der Waals surface area contributed by atoms with Crippen molar-refractivity contribution in [1.29, 1.82) is 0 Å². The minimum Gasteiger partial charge on any atom is -0.406 e. The van der Waals surface area contributed by atoms with E-state index in [1.807, 2.05) is 36.4 Å². The van der Waals surface area contributed by atoms with Gasteiger partial charge in [-0.25, -0.2) is 9.36 Å². The van der Waals surface area contributed by atoms with Gasteiger partial charge >= 0.3 is 6.36 Å². The highest BCUT2D eigenvalue weighted by molar-refractivity contribution is 5.84. The molecule has 168 valence electrons. The summed E-state index contributed by atoms with van der Waals surface area (Å²) in [6.45, 7) is 0. The van der Waals surface area contributed by atoms with E-state index in [4.69, 9.17) is 0 Å². The first kappa shape index (κ1) is 20.0. The van der Waals surface area contributed by atoms with Gasteiger partial charge in [-0.3, -0.25) is 5.10 Å². The van der Waals surface area contributed by atoms with Crippen molar-refractivity contribution in [1.82, 2.24) is 35.0 Å². The molecule has 0 aliphatic rings. The number of halogens is 3. The third-order valence-corrected chi connectivity index (χ3v) is 5.35. The Kier molecular flexibility index (Phi) is 4.37. The van der Waals surface area contributed by atoms with E-state index in [0.29, 0.717) is 16.9 Å². The number of benzene rings is 3. The molecule has 6 rings (SSSR count). The molecule has 6 aromatic rings. The number of aromatic nitrogens is 7.